The zero-order valence-corrected chi connectivity index (χ0v) is 12.3. The summed E-state index contributed by atoms with van der Waals surface area (Å²) in [7, 11) is 1.61. The lowest BCUT2D eigenvalue weighted by Crippen LogP contribution is -2.51. The Labute approximate surface area is 120 Å². The van der Waals surface area contributed by atoms with Gasteiger partial charge in [0.2, 0.25) is 0 Å². The lowest BCUT2D eigenvalue weighted by atomic mass is 9.71. The average molecular weight is 277 g/mol. The number of aliphatic carboxylic acids is 1. The molecule has 1 aromatic rings. The number of ether oxygens (including phenoxy) is 1. The summed E-state index contributed by atoms with van der Waals surface area (Å²) in [6, 6.07) is 7.45. The molecule has 2 rings (SSSR count). The van der Waals surface area contributed by atoms with E-state index in [4.69, 9.17) is 4.74 Å². The number of benzene rings is 1. The van der Waals surface area contributed by atoms with E-state index in [-0.39, 0.29) is 0 Å². The van der Waals surface area contributed by atoms with E-state index in [0.29, 0.717) is 24.7 Å². The van der Waals surface area contributed by atoms with Crippen molar-refractivity contribution in [3.8, 4) is 5.75 Å². The van der Waals surface area contributed by atoms with Crippen LogP contribution in [0.4, 0.5) is 5.69 Å². The van der Waals surface area contributed by atoms with E-state index in [1.54, 1.807) is 7.11 Å². The van der Waals surface area contributed by atoms with Crippen molar-refractivity contribution < 1.29 is 14.6 Å². The zero-order chi connectivity index (χ0) is 14.8. The van der Waals surface area contributed by atoms with Crippen LogP contribution in [0.1, 0.15) is 33.1 Å². The summed E-state index contributed by atoms with van der Waals surface area (Å²) in [5, 5.41) is 13.0. The first-order valence-corrected chi connectivity index (χ1v) is 7.11. The highest BCUT2D eigenvalue weighted by Crippen LogP contribution is 2.38. The summed E-state index contributed by atoms with van der Waals surface area (Å²) in [5.74, 6) is 0.784. The number of hydrogen-bond acceptors (Lipinski definition) is 3. The number of hydrogen-bond donors (Lipinski definition) is 2. The molecular weight excluding hydrogens is 254 g/mol. The Bertz CT molecular complexity index is 476. The van der Waals surface area contributed by atoms with Crippen LogP contribution >= 0.6 is 0 Å². The van der Waals surface area contributed by atoms with E-state index in [2.05, 4.69) is 19.2 Å². The molecule has 110 valence electrons. The first-order chi connectivity index (χ1) is 9.45. The maximum Gasteiger partial charge on any atom is 0.329 e. The molecule has 0 saturated heterocycles. The van der Waals surface area contributed by atoms with Crippen LogP contribution in [0.3, 0.4) is 0 Å². The quantitative estimate of drug-likeness (QED) is 0.885. The molecule has 0 spiro atoms. The minimum Gasteiger partial charge on any atom is -0.497 e. The minimum atomic E-state index is -0.872. The summed E-state index contributed by atoms with van der Waals surface area (Å²) in [5.41, 5.74) is -0.0725. The smallest absolute Gasteiger partial charge is 0.329 e. The van der Waals surface area contributed by atoms with E-state index in [1.807, 2.05) is 24.3 Å². The normalized spacial score (nSPS) is 29.8. The van der Waals surface area contributed by atoms with Gasteiger partial charge in [-0.1, -0.05) is 19.9 Å². The SMILES string of the molecule is COc1cccc(NC2(C(=O)O)CC(C)CC(C)C2)c1. The molecular formula is C16H23NO3. The maximum absolute atomic E-state index is 11.8. The van der Waals surface area contributed by atoms with Crippen molar-refractivity contribution in [1.29, 1.82) is 0 Å². The van der Waals surface area contributed by atoms with Crippen molar-refractivity contribution >= 4 is 11.7 Å². The molecule has 1 fully saturated rings. The van der Waals surface area contributed by atoms with E-state index < -0.39 is 11.5 Å². The second-order valence-corrected chi connectivity index (χ2v) is 6.10. The molecule has 0 radical (unpaired) electrons. The summed E-state index contributed by atoms with van der Waals surface area (Å²) >= 11 is 0. The van der Waals surface area contributed by atoms with Crippen LogP contribution < -0.4 is 10.1 Å². The van der Waals surface area contributed by atoms with Crippen molar-refractivity contribution in [3.05, 3.63) is 24.3 Å². The van der Waals surface area contributed by atoms with Gasteiger partial charge in [0, 0.05) is 11.8 Å². The van der Waals surface area contributed by atoms with Crippen LogP contribution in [0.15, 0.2) is 24.3 Å². The second-order valence-electron chi connectivity index (χ2n) is 6.10. The van der Waals surface area contributed by atoms with Crippen LogP contribution in [-0.4, -0.2) is 23.7 Å². The number of anilines is 1. The lowest BCUT2D eigenvalue weighted by Gasteiger charge is -2.40. The predicted octanol–water partition coefficient (Wildman–Crippen LogP) is 3.39. The van der Waals surface area contributed by atoms with Crippen LogP contribution in [0.5, 0.6) is 5.75 Å². The fourth-order valence-electron chi connectivity index (χ4n) is 3.43. The lowest BCUT2D eigenvalue weighted by molar-refractivity contribution is -0.144. The Morgan fingerprint density at radius 2 is 2.00 bits per heavy atom. The van der Waals surface area contributed by atoms with Gasteiger partial charge in [-0.05, 0) is 43.2 Å². The third kappa shape index (κ3) is 3.06. The average Bonchev–Trinajstić information content (AvgIpc) is 2.37. The van der Waals surface area contributed by atoms with Gasteiger partial charge in [0.1, 0.15) is 11.3 Å². The molecule has 2 N–H and O–H groups in total. The Morgan fingerprint density at radius 1 is 1.35 bits per heavy atom. The molecule has 0 heterocycles. The summed E-state index contributed by atoms with van der Waals surface area (Å²) < 4.78 is 5.19. The van der Waals surface area contributed by atoms with Gasteiger partial charge in [-0.2, -0.15) is 0 Å². The molecule has 1 aliphatic carbocycles. The first kappa shape index (κ1) is 14.7. The van der Waals surface area contributed by atoms with Crippen molar-refractivity contribution in [2.75, 3.05) is 12.4 Å². The van der Waals surface area contributed by atoms with Gasteiger partial charge in [0.05, 0.1) is 7.11 Å². The number of carboxylic acid groups (broad SMARTS) is 1. The third-order valence-corrected chi connectivity index (χ3v) is 4.06. The number of carbonyl (C=O) groups is 1. The Kier molecular flexibility index (Phi) is 4.21. The summed E-state index contributed by atoms with van der Waals surface area (Å²) in [6.45, 7) is 4.25. The standard InChI is InChI=1S/C16H23NO3/c1-11-7-12(2)10-16(9-11,15(18)19)17-13-5-4-6-14(8-13)20-3/h4-6,8,11-12,17H,7,9-10H2,1-3H3,(H,18,19). The van der Waals surface area contributed by atoms with Crippen LogP contribution in [0.25, 0.3) is 0 Å². The van der Waals surface area contributed by atoms with E-state index >= 15 is 0 Å². The summed E-state index contributed by atoms with van der Waals surface area (Å²) in [6.07, 6.45) is 2.41. The predicted molar refractivity (Wildman–Crippen MR) is 79.2 cm³/mol. The number of rotatable bonds is 4. The molecule has 4 nitrogen and oxygen atoms in total. The maximum atomic E-state index is 11.8. The zero-order valence-electron chi connectivity index (χ0n) is 12.3. The Morgan fingerprint density at radius 3 is 2.55 bits per heavy atom. The fourth-order valence-corrected chi connectivity index (χ4v) is 3.43. The number of carboxylic acids is 1. The third-order valence-electron chi connectivity index (χ3n) is 4.06. The van der Waals surface area contributed by atoms with Crippen molar-refractivity contribution in [3.63, 3.8) is 0 Å². The van der Waals surface area contributed by atoms with Crippen LogP contribution in [0, 0.1) is 11.8 Å². The summed E-state index contributed by atoms with van der Waals surface area (Å²) in [4.78, 5) is 11.8. The molecule has 0 aromatic heterocycles. The van der Waals surface area contributed by atoms with Crippen LogP contribution in [0.2, 0.25) is 0 Å². The molecule has 1 saturated carbocycles. The van der Waals surface area contributed by atoms with Gasteiger partial charge in [0.15, 0.2) is 0 Å². The Balaban J connectivity index is 2.26. The molecule has 20 heavy (non-hydrogen) atoms. The minimum absolute atomic E-state index is 0.410. The second kappa shape index (κ2) is 5.73. The monoisotopic (exact) mass is 277 g/mol. The van der Waals surface area contributed by atoms with E-state index in [1.165, 1.54) is 0 Å². The van der Waals surface area contributed by atoms with Crippen molar-refractivity contribution in [2.24, 2.45) is 11.8 Å². The van der Waals surface area contributed by atoms with Gasteiger partial charge < -0.3 is 15.2 Å². The van der Waals surface area contributed by atoms with Crippen molar-refractivity contribution in [1.82, 2.24) is 0 Å². The van der Waals surface area contributed by atoms with Gasteiger partial charge in [0.25, 0.3) is 0 Å². The van der Waals surface area contributed by atoms with Gasteiger partial charge in [-0.25, -0.2) is 4.79 Å². The topological polar surface area (TPSA) is 58.6 Å². The van der Waals surface area contributed by atoms with Crippen molar-refractivity contribution in [2.45, 2.75) is 38.6 Å². The highest BCUT2D eigenvalue weighted by molar-refractivity contribution is 5.83. The van der Waals surface area contributed by atoms with Crippen LogP contribution in [-0.2, 0) is 4.79 Å². The molecule has 2 unspecified atom stereocenters. The highest BCUT2D eigenvalue weighted by Gasteiger charge is 2.44. The number of methoxy groups -OCH3 is 1. The Hall–Kier alpha value is -1.71. The first-order valence-electron chi connectivity index (χ1n) is 7.11. The van der Waals surface area contributed by atoms with Gasteiger partial charge in [-0.3, -0.25) is 0 Å². The molecule has 0 aliphatic heterocycles. The van der Waals surface area contributed by atoms with Gasteiger partial charge >= 0.3 is 5.97 Å². The largest absolute Gasteiger partial charge is 0.497 e. The molecule has 0 bridgehead atoms. The van der Waals surface area contributed by atoms with Gasteiger partial charge in [-0.15, -0.1) is 0 Å². The number of nitrogens with one attached hydrogen (secondary N) is 1. The molecule has 4 heteroatoms. The highest BCUT2D eigenvalue weighted by atomic mass is 16.5. The van der Waals surface area contributed by atoms with E-state index in [0.717, 1.165) is 17.9 Å². The molecule has 2 atom stereocenters. The molecule has 1 aliphatic rings. The fraction of sp³-hybridized carbons (Fsp3) is 0.562. The molecule has 1 aromatic carbocycles. The molecule has 0 amide bonds. The van der Waals surface area contributed by atoms with E-state index in [9.17, 15) is 9.90 Å².